The van der Waals surface area contributed by atoms with Crippen LogP contribution in [0.5, 0.6) is 0 Å². The number of amides is 1. The average Bonchev–Trinajstić information content (AvgIpc) is 2.70. The highest BCUT2D eigenvalue weighted by atomic mass is 32.2. The zero-order chi connectivity index (χ0) is 15.8. The van der Waals surface area contributed by atoms with Gasteiger partial charge in [-0.05, 0) is 23.9 Å². The van der Waals surface area contributed by atoms with Gasteiger partial charge in [0.2, 0.25) is 15.9 Å². The van der Waals surface area contributed by atoms with Gasteiger partial charge >= 0.3 is 5.51 Å². The van der Waals surface area contributed by atoms with E-state index >= 15 is 0 Å². The Morgan fingerprint density at radius 2 is 1.90 bits per heavy atom. The molecule has 0 aliphatic carbocycles. The zero-order valence-corrected chi connectivity index (χ0v) is 12.1. The second kappa shape index (κ2) is 5.50. The van der Waals surface area contributed by atoms with Gasteiger partial charge in [0.05, 0.1) is 5.69 Å². The fraction of sp³-hybridized carbons (Fsp3) is 0.364. The minimum absolute atomic E-state index is 0.0379. The van der Waals surface area contributed by atoms with Gasteiger partial charge in [0.1, 0.15) is 5.25 Å². The van der Waals surface area contributed by atoms with Crippen LogP contribution in [0.3, 0.4) is 0 Å². The fourth-order valence-electron chi connectivity index (χ4n) is 2.02. The van der Waals surface area contributed by atoms with E-state index in [-0.39, 0.29) is 35.3 Å². The fourth-order valence-corrected chi connectivity index (χ4v) is 3.43. The molecule has 1 aromatic carbocycles. The number of hydrogen-bond donors (Lipinski definition) is 1. The molecular formula is C11H11F3N2O3S2. The van der Waals surface area contributed by atoms with Gasteiger partial charge in [-0.3, -0.25) is 4.79 Å². The highest BCUT2D eigenvalue weighted by Crippen LogP contribution is 2.42. The Morgan fingerprint density at radius 3 is 2.43 bits per heavy atom. The van der Waals surface area contributed by atoms with Gasteiger partial charge in [-0.15, -0.1) is 0 Å². The van der Waals surface area contributed by atoms with Crippen molar-refractivity contribution in [3.63, 3.8) is 0 Å². The van der Waals surface area contributed by atoms with Crippen LogP contribution in [0, 0.1) is 0 Å². The Kier molecular flexibility index (Phi) is 4.22. The normalized spacial score (nSPS) is 20.1. The van der Waals surface area contributed by atoms with E-state index in [0.29, 0.717) is 0 Å². The van der Waals surface area contributed by atoms with E-state index in [2.05, 4.69) is 0 Å². The summed E-state index contributed by atoms with van der Waals surface area (Å²) in [6.07, 6.45) is -0.330. The molecule has 2 N–H and O–H groups in total. The van der Waals surface area contributed by atoms with Crippen molar-refractivity contribution >= 4 is 33.4 Å². The SMILES string of the molecule is NS(=O)(=O)C1CC(=O)N(c2ccccc2SC(F)(F)F)C1. The third kappa shape index (κ3) is 3.89. The van der Waals surface area contributed by atoms with Crippen LogP contribution in [-0.2, 0) is 14.8 Å². The molecule has 0 aromatic heterocycles. The average molecular weight is 340 g/mol. The molecule has 0 spiro atoms. The Labute approximate surface area is 123 Å². The molecule has 1 amide bonds. The smallest absolute Gasteiger partial charge is 0.310 e. The highest BCUT2D eigenvalue weighted by molar-refractivity contribution is 8.00. The molecule has 1 saturated heterocycles. The number of alkyl halides is 3. The van der Waals surface area contributed by atoms with Crippen molar-refractivity contribution in [3.05, 3.63) is 24.3 Å². The second-order valence-corrected chi connectivity index (χ2v) is 7.39. The molecule has 0 radical (unpaired) electrons. The Balaban J connectivity index is 2.33. The number of sulfonamides is 1. The van der Waals surface area contributed by atoms with Crippen LogP contribution in [0.1, 0.15) is 6.42 Å². The van der Waals surface area contributed by atoms with Gasteiger partial charge in [0.25, 0.3) is 0 Å². The van der Waals surface area contributed by atoms with E-state index in [9.17, 15) is 26.4 Å². The number of thioether (sulfide) groups is 1. The Hall–Kier alpha value is -1.26. The van der Waals surface area contributed by atoms with Crippen LogP contribution < -0.4 is 10.0 Å². The standard InChI is InChI=1S/C11H11F3N2O3S2/c12-11(13,14)20-9-4-2-1-3-8(9)16-6-7(5-10(16)17)21(15,18)19/h1-4,7H,5-6H2,(H2,15,18,19). The summed E-state index contributed by atoms with van der Waals surface area (Å²) < 4.78 is 60.1. The van der Waals surface area contributed by atoms with Crippen molar-refractivity contribution in [2.75, 3.05) is 11.4 Å². The molecular weight excluding hydrogens is 329 g/mol. The van der Waals surface area contributed by atoms with E-state index in [1.807, 2.05) is 0 Å². The number of hydrogen-bond acceptors (Lipinski definition) is 4. The molecule has 0 saturated carbocycles. The van der Waals surface area contributed by atoms with Crippen LogP contribution in [-0.4, -0.2) is 31.6 Å². The van der Waals surface area contributed by atoms with Crippen molar-refractivity contribution in [1.29, 1.82) is 0 Å². The molecule has 1 aliphatic rings. The van der Waals surface area contributed by atoms with Gasteiger partial charge in [-0.1, -0.05) is 12.1 Å². The largest absolute Gasteiger partial charge is 0.446 e. The molecule has 21 heavy (non-hydrogen) atoms. The summed E-state index contributed by atoms with van der Waals surface area (Å²) in [4.78, 5) is 12.7. The third-order valence-corrected chi connectivity index (χ3v) is 4.98. The van der Waals surface area contributed by atoms with Crippen molar-refractivity contribution < 1.29 is 26.4 Å². The quantitative estimate of drug-likeness (QED) is 0.849. The monoisotopic (exact) mass is 340 g/mol. The predicted molar refractivity (Wildman–Crippen MR) is 72.2 cm³/mol. The molecule has 1 fully saturated rings. The number of carbonyl (C=O) groups excluding carboxylic acids is 1. The molecule has 0 bridgehead atoms. The van der Waals surface area contributed by atoms with Gasteiger partial charge < -0.3 is 4.90 Å². The summed E-state index contributed by atoms with van der Waals surface area (Å²) in [5, 5.41) is 3.89. The Bertz CT molecular complexity index is 661. The van der Waals surface area contributed by atoms with Crippen LogP contribution in [0.4, 0.5) is 18.9 Å². The van der Waals surface area contributed by atoms with Crippen molar-refractivity contribution in [2.24, 2.45) is 5.14 Å². The molecule has 1 atom stereocenters. The van der Waals surface area contributed by atoms with Gasteiger partial charge in [-0.2, -0.15) is 13.2 Å². The number of nitrogens with two attached hydrogens (primary N) is 1. The molecule has 1 heterocycles. The van der Waals surface area contributed by atoms with Gasteiger partial charge in [-0.25, -0.2) is 13.6 Å². The first-order chi connectivity index (χ1) is 9.58. The van der Waals surface area contributed by atoms with Crippen LogP contribution in [0.15, 0.2) is 29.2 Å². The van der Waals surface area contributed by atoms with Gasteiger partial charge in [0.15, 0.2) is 0 Å². The predicted octanol–water partition coefficient (Wildman–Crippen LogP) is 1.69. The molecule has 5 nitrogen and oxygen atoms in total. The van der Waals surface area contributed by atoms with Gasteiger partial charge in [0, 0.05) is 17.9 Å². The second-order valence-electron chi connectivity index (χ2n) is 4.44. The maximum atomic E-state index is 12.5. The summed E-state index contributed by atoms with van der Waals surface area (Å²) >= 11 is -0.350. The first-order valence-corrected chi connectivity index (χ1v) is 8.17. The van der Waals surface area contributed by atoms with Crippen molar-refractivity contribution in [3.8, 4) is 0 Å². The lowest BCUT2D eigenvalue weighted by Gasteiger charge is -2.20. The molecule has 116 valence electrons. The lowest BCUT2D eigenvalue weighted by atomic mass is 10.3. The number of nitrogens with zero attached hydrogens (tertiary/aromatic N) is 1. The van der Waals surface area contributed by atoms with E-state index in [1.165, 1.54) is 24.3 Å². The van der Waals surface area contributed by atoms with E-state index in [4.69, 9.17) is 5.14 Å². The zero-order valence-electron chi connectivity index (χ0n) is 10.5. The number of anilines is 1. The summed E-state index contributed by atoms with van der Waals surface area (Å²) in [5.74, 6) is -0.566. The maximum absolute atomic E-state index is 12.5. The molecule has 10 heteroatoms. The summed E-state index contributed by atoms with van der Waals surface area (Å²) in [5.41, 5.74) is -4.46. The molecule has 1 aliphatic heterocycles. The maximum Gasteiger partial charge on any atom is 0.446 e. The summed E-state index contributed by atoms with van der Waals surface area (Å²) in [6.45, 7) is -0.243. The minimum atomic E-state index is -4.50. The number of para-hydroxylation sites is 1. The van der Waals surface area contributed by atoms with E-state index in [1.54, 1.807) is 0 Å². The summed E-state index contributed by atoms with van der Waals surface area (Å²) in [7, 11) is -3.92. The van der Waals surface area contributed by atoms with Crippen LogP contribution in [0.2, 0.25) is 0 Å². The number of carbonyl (C=O) groups is 1. The van der Waals surface area contributed by atoms with Crippen molar-refractivity contribution in [2.45, 2.75) is 22.1 Å². The summed E-state index contributed by atoms with van der Waals surface area (Å²) in [6, 6.07) is 5.46. The first kappa shape index (κ1) is 16.1. The Morgan fingerprint density at radius 1 is 1.29 bits per heavy atom. The van der Waals surface area contributed by atoms with Crippen LogP contribution in [0.25, 0.3) is 0 Å². The molecule has 1 unspecified atom stereocenters. The number of rotatable bonds is 3. The minimum Gasteiger partial charge on any atom is -0.310 e. The molecule has 2 rings (SSSR count). The number of halogens is 3. The highest BCUT2D eigenvalue weighted by Gasteiger charge is 2.39. The van der Waals surface area contributed by atoms with Crippen LogP contribution >= 0.6 is 11.8 Å². The number of primary sulfonamides is 1. The third-order valence-electron chi connectivity index (χ3n) is 2.94. The van der Waals surface area contributed by atoms with Crippen molar-refractivity contribution in [1.82, 2.24) is 0 Å². The number of benzene rings is 1. The lowest BCUT2D eigenvalue weighted by Crippen LogP contribution is -2.32. The van der Waals surface area contributed by atoms with E-state index < -0.39 is 26.7 Å². The first-order valence-electron chi connectivity index (χ1n) is 5.74. The van der Waals surface area contributed by atoms with E-state index in [0.717, 1.165) is 4.90 Å². The topological polar surface area (TPSA) is 80.5 Å². The lowest BCUT2D eigenvalue weighted by molar-refractivity contribution is -0.117. The molecule has 1 aromatic rings.